The number of hydrogen-bond acceptors (Lipinski definition) is 4. The molecule has 1 atom stereocenters. The van der Waals surface area contributed by atoms with Crippen LogP contribution in [0.1, 0.15) is 48.5 Å². The van der Waals surface area contributed by atoms with Crippen LogP contribution >= 0.6 is 0 Å². The minimum absolute atomic E-state index is 0.121. The summed E-state index contributed by atoms with van der Waals surface area (Å²) in [6, 6.07) is 0. The SMILES string of the molecule is CCCC(CNC(=O)c1c(CC)noc1C)C(=O)O. The molecule has 19 heavy (non-hydrogen) atoms. The Morgan fingerprint density at radius 3 is 2.63 bits per heavy atom. The van der Waals surface area contributed by atoms with Gasteiger partial charge in [-0.25, -0.2) is 0 Å². The zero-order valence-corrected chi connectivity index (χ0v) is 11.5. The van der Waals surface area contributed by atoms with Crippen LogP contribution in [0.3, 0.4) is 0 Å². The molecule has 6 heteroatoms. The van der Waals surface area contributed by atoms with Crippen LogP contribution in [0.5, 0.6) is 0 Å². The molecule has 0 saturated heterocycles. The molecular weight excluding hydrogens is 248 g/mol. The lowest BCUT2D eigenvalue weighted by molar-refractivity contribution is -0.141. The average molecular weight is 268 g/mol. The van der Waals surface area contributed by atoms with Crippen molar-refractivity contribution in [2.24, 2.45) is 5.92 Å². The van der Waals surface area contributed by atoms with Crippen molar-refractivity contribution in [2.45, 2.75) is 40.0 Å². The van der Waals surface area contributed by atoms with Crippen molar-refractivity contribution in [1.29, 1.82) is 0 Å². The maximum atomic E-state index is 12.0. The minimum atomic E-state index is -0.889. The lowest BCUT2D eigenvalue weighted by Crippen LogP contribution is -2.33. The summed E-state index contributed by atoms with van der Waals surface area (Å²) in [6.45, 7) is 5.58. The Morgan fingerprint density at radius 2 is 2.11 bits per heavy atom. The summed E-state index contributed by atoms with van der Waals surface area (Å²) in [5, 5.41) is 15.5. The van der Waals surface area contributed by atoms with E-state index >= 15 is 0 Å². The number of hydrogen-bond donors (Lipinski definition) is 2. The molecule has 0 aliphatic heterocycles. The predicted octanol–water partition coefficient (Wildman–Crippen LogP) is 1.78. The summed E-state index contributed by atoms with van der Waals surface area (Å²) in [6.07, 6.45) is 1.90. The van der Waals surface area contributed by atoms with Gasteiger partial charge < -0.3 is 14.9 Å². The van der Waals surface area contributed by atoms with Gasteiger partial charge in [0.15, 0.2) is 0 Å². The number of carboxylic acid groups (broad SMARTS) is 1. The summed E-state index contributed by atoms with van der Waals surface area (Å²) in [5.41, 5.74) is 1.01. The molecule has 1 heterocycles. The number of amides is 1. The molecule has 1 unspecified atom stereocenters. The molecule has 0 aromatic carbocycles. The minimum Gasteiger partial charge on any atom is -0.481 e. The monoisotopic (exact) mass is 268 g/mol. The number of aryl methyl sites for hydroxylation is 2. The lowest BCUT2D eigenvalue weighted by atomic mass is 10.0. The quantitative estimate of drug-likeness (QED) is 0.786. The summed E-state index contributed by atoms with van der Waals surface area (Å²) in [4.78, 5) is 23.0. The average Bonchev–Trinajstić information content (AvgIpc) is 2.74. The van der Waals surface area contributed by atoms with Crippen molar-refractivity contribution >= 4 is 11.9 Å². The Bertz CT molecular complexity index is 453. The topological polar surface area (TPSA) is 92.4 Å². The van der Waals surface area contributed by atoms with Gasteiger partial charge in [0.25, 0.3) is 5.91 Å². The van der Waals surface area contributed by atoms with Crippen LogP contribution in [-0.4, -0.2) is 28.7 Å². The highest BCUT2D eigenvalue weighted by Gasteiger charge is 2.22. The van der Waals surface area contributed by atoms with Gasteiger partial charge in [0.2, 0.25) is 0 Å². The van der Waals surface area contributed by atoms with E-state index in [0.717, 1.165) is 6.42 Å². The van der Waals surface area contributed by atoms with Crippen LogP contribution in [-0.2, 0) is 11.2 Å². The van der Waals surface area contributed by atoms with Crippen molar-refractivity contribution in [2.75, 3.05) is 6.54 Å². The molecule has 0 aliphatic carbocycles. The van der Waals surface area contributed by atoms with E-state index in [-0.39, 0.29) is 12.5 Å². The fourth-order valence-electron chi connectivity index (χ4n) is 1.92. The Morgan fingerprint density at radius 1 is 1.42 bits per heavy atom. The van der Waals surface area contributed by atoms with Crippen LogP contribution in [0.15, 0.2) is 4.52 Å². The number of nitrogens with one attached hydrogen (secondary N) is 1. The summed E-state index contributed by atoms with van der Waals surface area (Å²) >= 11 is 0. The standard InChI is InChI=1S/C13H20N2O4/c1-4-6-9(13(17)18)7-14-12(16)11-8(3)19-15-10(11)5-2/h9H,4-7H2,1-3H3,(H,14,16)(H,17,18). The molecule has 1 aromatic heterocycles. The summed E-state index contributed by atoms with van der Waals surface area (Å²) < 4.78 is 4.98. The molecule has 1 aromatic rings. The van der Waals surface area contributed by atoms with E-state index in [2.05, 4.69) is 10.5 Å². The van der Waals surface area contributed by atoms with E-state index in [1.165, 1.54) is 0 Å². The van der Waals surface area contributed by atoms with E-state index in [4.69, 9.17) is 9.63 Å². The zero-order chi connectivity index (χ0) is 14.4. The van der Waals surface area contributed by atoms with E-state index in [9.17, 15) is 9.59 Å². The third kappa shape index (κ3) is 3.81. The van der Waals surface area contributed by atoms with Gasteiger partial charge in [0.1, 0.15) is 11.3 Å². The van der Waals surface area contributed by atoms with E-state index in [1.54, 1.807) is 6.92 Å². The molecule has 106 valence electrons. The molecular formula is C13H20N2O4. The first-order chi connectivity index (χ1) is 9.01. The van der Waals surface area contributed by atoms with E-state index in [1.807, 2.05) is 13.8 Å². The highest BCUT2D eigenvalue weighted by atomic mass is 16.5. The Hall–Kier alpha value is -1.85. The van der Waals surface area contributed by atoms with Crippen LogP contribution in [0.2, 0.25) is 0 Å². The Kier molecular flexibility index (Phi) is 5.54. The van der Waals surface area contributed by atoms with Crippen molar-refractivity contribution < 1.29 is 19.2 Å². The summed E-state index contributed by atoms with van der Waals surface area (Å²) in [5.74, 6) is -1.31. The first kappa shape index (κ1) is 15.2. The number of carbonyl (C=O) groups excluding carboxylic acids is 1. The van der Waals surface area contributed by atoms with Crippen LogP contribution in [0, 0.1) is 12.8 Å². The third-order valence-electron chi connectivity index (χ3n) is 2.99. The molecule has 0 bridgehead atoms. The van der Waals surface area contributed by atoms with Gasteiger partial charge in [-0.1, -0.05) is 25.4 Å². The van der Waals surface area contributed by atoms with Gasteiger partial charge in [-0.3, -0.25) is 9.59 Å². The number of nitrogens with zero attached hydrogens (tertiary/aromatic N) is 1. The highest BCUT2D eigenvalue weighted by Crippen LogP contribution is 2.14. The van der Waals surface area contributed by atoms with Crippen LogP contribution in [0.25, 0.3) is 0 Å². The molecule has 1 rings (SSSR count). The predicted molar refractivity (Wildman–Crippen MR) is 69.0 cm³/mol. The normalized spacial score (nSPS) is 12.2. The van der Waals surface area contributed by atoms with Crippen molar-refractivity contribution in [3.63, 3.8) is 0 Å². The van der Waals surface area contributed by atoms with Crippen molar-refractivity contribution in [3.05, 3.63) is 17.0 Å². The molecule has 1 amide bonds. The Balaban J connectivity index is 2.69. The number of aliphatic carboxylic acids is 1. The Labute approximate surface area is 112 Å². The fourth-order valence-corrected chi connectivity index (χ4v) is 1.92. The molecule has 0 spiro atoms. The van der Waals surface area contributed by atoms with Gasteiger partial charge in [0.05, 0.1) is 11.6 Å². The van der Waals surface area contributed by atoms with Crippen molar-refractivity contribution in [3.8, 4) is 0 Å². The maximum Gasteiger partial charge on any atom is 0.308 e. The zero-order valence-electron chi connectivity index (χ0n) is 11.5. The molecule has 0 saturated carbocycles. The molecule has 0 fully saturated rings. The second-order valence-corrected chi connectivity index (χ2v) is 4.45. The summed E-state index contributed by atoms with van der Waals surface area (Å²) in [7, 11) is 0. The lowest BCUT2D eigenvalue weighted by Gasteiger charge is -2.12. The maximum absolute atomic E-state index is 12.0. The third-order valence-corrected chi connectivity index (χ3v) is 2.99. The molecule has 0 radical (unpaired) electrons. The number of carbonyl (C=O) groups is 2. The molecule has 6 nitrogen and oxygen atoms in total. The largest absolute Gasteiger partial charge is 0.481 e. The number of carboxylic acids is 1. The smallest absolute Gasteiger partial charge is 0.308 e. The van der Waals surface area contributed by atoms with Gasteiger partial charge in [0, 0.05) is 6.54 Å². The number of aromatic nitrogens is 1. The fraction of sp³-hybridized carbons (Fsp3) is 0.615. The van der Waals surface area contributed by atoms with Gasteiger partial charge in [-0.05, 0) is 19.8 Å². The van der Waals surface area contributed by atoms with Gasteiger partial charge >= 0.3 is 5.97 Å². The van der Waals surface area contributed by atoms with Crippen LogP contribution in [0.4, 0.5) is 0 Å². The second kappa shape index (κ2) is 6.92. The number of rotatable bonds is 7. The highest BCUT2D eigenvalue weighted by molar-refractivity contribution is 5.96. The first-order valence-electron chi connectivity index (χ1n) is 6.47. The first-order valence-corrected chi connectivity index (χ1v) is 6.47. The molecule has 0 aliphatic rings. The van der Waals surface area contributed by atoms with Crippen molar-refractivity contribution in [1.82, 2.24) is 10.5 Å². The van der Waals surface area contributed by atoms with E-state index < -0.39 is 11.9 Å². The second-order valence-electron chi connectivity index (χ2n) is 4.45. The van der Waals surface area contributed by atoms with Crippen LogP contribution < -0.4 is 5.32 Å². The molecule has 2 N–H and O–H groups in total. The van der Waals surface area contributed by atoms with E-state index in [0.29, 0.717) is 29.9 Å². The van der Waals surface area contributed by atoms with Gasteiger partial charge in [-0.2, -0.15) is 0 Å². The van der Waals surface area contributed by atoms with Gasteiger partial charge in [-0.15, -0.1) is 0 Å².